The van der Waals surface area contributed by atoms with E-state index in [1.807, 2.05) is 32.0 Å². The van der Waals surface area contributed by atoms with Crippen LogP contribution in [-0.4, -0.2) is 57.3 Å². The van der Waals surface area contributed by atoms with Crippen molar-refractivity contribution in [3.8, 4) is 22.8 Å². The zero-order valence-corrected chi connectivity index (χ0v) is 24.5. The summed E-state index contributed by atoms with van der Waals surface area (Å²) in [6, 6.07) is 15.1. The minimum absolute atomic E-state index is 0.105. The van der Waals surface area contributed by atoms with Crippen LogP contribution in [0.3, 0.4) is 0 Å². The Kier molecular flexibility index (Phi) is 9.60. The van der Waals surface area contributed by atoms with Crippen molar-refractivity contribution in [1.82, 2.24) is 14.8 Å². The predicted octanol–water partition coefficient (Wildman–Crippen LogP) is 6.23. The van der Waals surface area contributed by atoms with Crippen LogP contribution >= 0.6 is 11.8 Å². The number of rotatable bonds is 10. The Labute approximate surface area is 254 Å². The molecular weight excluding hydrogens is 597 g/mol. The van der Waals surface area contributed by atoms with Crippen molar-refractivity contribution in [2.45, 2.75) is 26.9 Å². The van der Waals surface area contributed by atoms with E-state index in [-0.39, 0.29) is 40.7 Å². The lowest BCUT2D eigenvalue weighted by molar-refractivity contribution is -0.115. The Bertz CT molecular complexity index is 1700. The molecule has 1 aromatic heterocycles. The van der Waals surface area contributed by atoms with Crippen LogP contribution in [0.4, 0.5) is 29.3 Å². The van der Waals surface area contributed by atoms with Crippen molar-refractivity contribution < 1.29 is 32.2 Å². The number of halogens is 3. The van der Waals surface area contributed by atoms with Crippen molar-refractivity contribution in [1.29, 1.82) is 0 Å². The first kappa shape index (κ1) is 30.8. The van der Waals surface area contributed by atoms with E-state index in [2.05, 4.69) is 20.4 Å². The average Bonchev–Trinajstić information content (AvgIpc) is 3.64. The molecular formula is C30H27F3N6O4S. The van der Waals surface area contributed by atoms with Crippen molar-refractivity contribution in [3.63, 3.8) is 0 Å². The number of alkyl halides is 2. The van der Waals surface area contributed by atoms with Gasteiger partial charge in [-0.25, -0.2) is 27.6 Å². The van der Waals surface area contributed by atoms with E-state index < -0.39 is 24.9 Å². The van der Waals surface area contributed by atoms with Crippen LogP contribution in [0.1, 0.15) is 18.1 Å². The monoisotopic (exact) mass is 624 g/mol. The van der Waals surface area contributed by atoms with Crippen LogP contribution in [0.5, 0.6) is 5.75 Å². The lowest BCUT2D eigenvalue weighted by Gasteiger charge is -2.20. The summed E-state index contributed by atoms with van der Waals surface area (Å²) in [4.78, 5) is 35.3. The number of thioether (sulfide) groups is 1. The third-order valence-corrected chi connectivity index (χ3v) is 7.27. The van der Waals surface area contributed by atoms with Gasteiger partial charge in [0.25, 0.3) is 6.43 Å². The highest BCUT2D eigenvalue weighted by atomic mass is 32.2. The normalized spacial score (nSPS) is 14.1. The second-order valence-electron chi connectivity index (χ2n) is 9.52. The first-order valence-corrected chi connectivity index (χ1v) is 14.5. The highest BCUT2D eigenvalue weighted by molar-refractivity contribution is 8.15. The van der Waals surface area contributed by atoms with E-state index in [0.29, 0.717) is 23.5 Å². The van der Waals surface area contributed by atoms with Gasteiger partial charge in [0.15, 0.2) is 11.0 Å². The number of ether oxygens (including phenoxy) is 2. The van der Waals surface area contributed by atoms with Gasteiger partial charge < -0.3 is 14.8 Å². The number of hydrogen-bond donors (Lipinski definition) is 1. The van der Waals surface area contributed by atoms with E-state index >= 15 is 4.39 Å². The van der Waals surface area contributed by atoms with Gasteiger partial charge in [-0.05, 0) is 67.9 Å². The highest BCUT2D eigenvalue weighted by Gasteiger charge is 2.32. The summed E-state index contributed by atoms with van der Waals surface area (Å²) in [5, 5.41) is 6.96. The predicted molar refractivity (Wildman–Crippen MR) is 161 cm³/mol. The third-order valence-electron chi connectivity index (χ3n) is 6.34. The molecule has 1 aliphatic heterocycles. The quantitative estimate of drug-likeness (QED) is 0.223. The maximum Gasteiger partial charge on any atom is 0.347 e. The average molecular weight is 625 g/mol. The number of urea groups is 1. The molecule has 5 rings (SSSR count). The van der Waals surface area contributed by atoms with Gasteiger partial charge in [-0.1, -0.05) is 23.9 Å². The number of aromatic nitrogens is 3. The minimum atomic E-state index is -2.58. The number of anilines is 2. The molecule has 2 heterocycles. The smallest absolute Gasteiger partial charge is 0.347 e. The Hall–Kier alpha value is -4.69. The molecule has 0 bridgehead atoms. The Morgan fingerprint density at radius 2 is 1.93 bits per heavy atom. The maximum absolute atomic E-state index is 15.1. The molecule has 3 aromatic carbocycles. The number of aryl methyl sites for hydroxylation is 1. The summed E-state index contributed by atoms with van der Waals surface area (Å²) >= 11 is 1.11. The van der Waals surface area contributed by atoms with Crippen LogP contribution in [0.15, 0.2) is 72.0 Å². The molecule has 4 aromatic rings. The molecule has 0 aliphatic carbocycles. The molecule has 228 valence electrons. The lowest BCUT2D eigenvalue weighted by Crippen LogP contribution is -2.31. The molecule has 0 saturated carbocycles. The number of carbonyl (C=O) groups excluding carboxylic acids is 2. The number of nitrogens with zero attached hydrogens (tertiary/aromatic N) is 5. The second kappa shape index (κ2) is 13.7. The first-order valence-electron chi connectivity index (χ1n) is 13.5. The van der Waals surface area contributed by atoms with Crippen molar-refractivity contribution in [3.05, 3.63) is 83.9 Å². The van der Waals surface area contributed by atoms with Crippen LogP contribution < -0.4 is 15.0 Å². The summed E-state index contributed by atoms with van der Waals surface area (Å²) in [5.74, 6) is -0.363. The summed E-state index contributed by atoms with van der Waals surface area (Å²) in [5.41, 5.74) is 3.10. The first-order chi connectivity index (χ1) is 21.2. The Morgan fingerprint density at radius 3 is 2.66 bits per heavy atom. The van der Waals surface area contributed by atoms with Crippen LogP contribution in [0.25, 0.3) is 17.1 Å². The molecule has 0 unspecified atom stereocenters. The Balaban J connectivity index is 1.29. The summed E-state index contributed by atoms with van der Waals surface area (Å²) in [6.45, 7) is 3.85. The van der Waals surface area contributed by atoms with Crippen LogP contribution in [0, 0.1) is 12.7 Å². The van der Waals surface area contributed by atoms with Gasteiger partial charge in [-0.2, -0.15) is 4.99 Å². The lowest BCUT2D eigenvalue weighted by atomic mass is 10.1. The fourth-order valence-electron chi connectivity index (χ4n) is 4.26. The number of aliphatic imine (C=N–C) groups is 1. The topological polar surface area (TPSA) is 111 Å². The number of benzene rings is 3. The molecule has 0 spiro atoms. The summed E-state index contributed by atoms with van der Waals surface area (Å²) in [7, 11) is 0. The van der Waals surface area contributed by atoms with Gasteiger partial charge in [0.05, 0.1) is 29.4 Å². The zero-order valence-electron chi connectivity index (χ0n) is 23.7. The highest BCUT2D eigenvalue weighted by Crippen LogP contribution is 2.31. The van der Waals surface area contributed by atoms with E-state index in [4.69, 9.17) is 9.47 Å². The second-order valence-corrected chi connectivity index (χ2v) is 10.5. The third kappa shape index (κ3) is 7.26. The van der Waals surface area contributed by atoms with Gasteiger partial charge in [0.2, 0.25) is 5.91 Å². The van der Waals surface area contributed by atoms with Gasteiger partial charge in [0.1, 0.15) is 24.5 Å². The number of carbonyl (C=O) groups is 2. The van der Waals surface area contributed by atoms with Gasteiger partial charge >= 0.3 is 6.03 Å². The molecule has 1 aliphatic rings. The molecule has 10 nitrogen and oxygen atoms in total. The van der Waals surface area contributed by atoms with Crippen LogP contribution in [0.2, 0.25) is 0 Å². The van der Waals surface area contributed by atoms with Gasteiger partial charge in [0, 0.05) is 17.7 Å². The molecule has 1 fully saturated rings. The summed E-state index contributed by atoms with van der Waals surface area (Å²) in [6.07, 6.45) is -1.15. The molecule has 1 N–H and O–H groups in total. The number of nitrogens with one attached hydrogen (secondary N) is 1. The minimum Gasteiger partial charge on any atom is -0.488 e. The zero-order chi connectivity index (χ0) is 31.2. The van der Waals surface area contributed by atoms with Gasteiger partial charge in [-0.15, -0.1) is 5.10 Å². The molecule has 0 atom stereocenters. The number of hydrogen-bond acceptors (Lipinski definition) is 7. The fraction of sp³-hybridized carbons (Fsp3) is 0.233. The van der Waals surface area contributed by atoms with Crippen LogP contribution in [-0.2, 0) is 16.1 Å². The Morgan fingerprint density at radius 1 is 1.14 bits per heavy atom. The molecule has 3 amide bonds. The van der Waals surface area contributed by atoms with Gasteiger partial charge in [-0.3, -0.25) is 9.69 Å². The number of amides is 3. The standard InChI is InChI=1S/C30H27F3N6O4S/c1-3-42-14-20-5-4-18(2)12-25(20)39-27(40)16-44-30(39)36-29(41)35-24-11-6-19(13-23(24)31)28-34-17-38(37-28)21-7-9-22(10-8-21)43-15-26(32)33/h4-13,17,26H,3,14-16H2,1-2H3,(H,35,41)/b36-30-. The summed E-state index contributed by atoms with van der Waals surface area (Å²) < 4.78 is 51.7. The number of amidine groups is 1. The van der Waals surface area contributed by atoms with Crippen molar-refractivity contribution >= 4 is 40.2 Å². The van der Waals surface area contributed by atoms with E-state index in [1.54, 1.807) is 18.2 Å². The molecule has 0 radical (unpaired) electrons. The van der Waals surface area contributed by atoms with E-state index in [9.17, 15) is 18.4 Å². The fourth-order valence-corrected chi connectivity index (χ4v) is 5.12. The SMILES string of the molecule is CCOCc1ccc(C)cc1N1C(=O)CS/C1=N\C(=O)Nc1ccc(-c2ncn(-c3ccc(OCC(F)F)cc3)n2)cc1F. The van der Waals surface area contributed by atoms with E-state index in [0.717, 1.165) is 22.9 Å². The largest absolute Gasteiger partial charge is 0.488 e. The van der Waals surface area contributed by atoms with E-state index in [1.165, 1.54) is 40.2 Å². The van der Waals surface area contributed by atoms with Crippen molar-refractivity contribution in [2.24, 2.45) is 4.99 Å². The maximum atomic E-state index is 15.1. The molecule has 44 heavy (non-hydrogen) atoms. The van der Waals surface area contributed by atoms with Crippen molar-refractivity contribution in [2.75, 3.05) is 29.2 Å². The molecule has 14 heteroatoms. The molecule has 1 saturated heterocycles.